The lowest BCUT2D eigenvalue weighted by atomic mass is 9.88. The zero-order valence-corrected chi connectivity index (χ0v) is 16.3. The predicted octanol–water partition coefficient (Wildman–Crippen LogP) is 4.23. The first kappa shape index (κ1) is 18.5. The first-order valence-electron chi connectivity index (χ1n) is 9.83. The van der Waals surface area contributed by atoms with E-state index in [0.29, 0.717) is 26.1 Å². The highest BCUT2D eigenvalue weighted by atomic mass is 16.7. The first-order chi connectivity index (χ1) is 13.0. The quantitative estimate of drug-likeness (QED) is 0.877. The molecule has 4 nitrogen and oxygen atoms in total. The highest BCUT2D eigenvalue weighted by Crippen LogP contribution is 2.46. The molecule has 0 bridgehead atoms. The van der Waals surface area contributed by atoms with Crippen LogP contribution in [0.5, 0.6) is 5.75 Å². The van der Waals surface area contributed by atoms with E-state index in [1.165, 1.54) is 22.3 Å². The third kappa shape index (κ3) is 3.62. The zero-order valence-electron chi connectivity index (χ0n) is 16.3. The highest BCUT2D eigenvalue weighted by molar-refractivity contribution is 5.44. The molecule has 1 N–H and O–H groups in total. The molecule has 1 fully saturated rings. The number of rotatable bonds is 4. The molecule has 4 rings (SSSR count). The van der Waals surface area contributed by atoms with Gasteiger partial charge in [0.2, 0.25) is 0 Å². The Balaban J connectivity index is 1.63. The van der Waals surface area contributed by atoms with E-state index >= 15 is 0 Å². The summed E-state index contributed by atoms with van der Waals surface area (Å²) in [6, 6.07) is 12.7. The van der Waals surface area contributed by atoms with Crippen LogP contribution in [0.15, 0.2) is 36.4 Å². The minimum Gasteiger partial charge on any atom is -0.494 e. The maximum Gasteiger partial charge on any atom is 0.198 e. The standard InChI is InChI=1S/C23H28O4/c1-4-25-21-7-5-17(6-8-21)11-18-12-22-19(9-15(18)2)14-26-23(22)13-20(24)10-16(3)27-23/h5-9,12,16,20,24H,4,10-11,13-14H2,1-3H3/t16?,20?,23-/m1/s1. The van der Waals surface area contributed by atoms with Gasteiger partial charge in [0.1, 0.15) is 5.75 Å². The van der Waals surface area contributed by atoms with Crippen LogP contribution in [0.1, 0.15) is 54.5 Å². The molecule has 0 aliphatic carbocycles. The molecule has 1 saturated heterocycles. The number of aliphatic hydroxyl groups is 1. The van der Waals surface area contributed by atoms with E-state index in [0.717, 1.165) is 17.7 Å². The lowest BCUT2D eigenvalue weighted by Crippen LogP contribution is -2.43. The van der Waals surface area contributed by atoms with E-state index < -0.39 is 11.9 Å². The van der Waals surface area contributed by atoms with Crippen LogP contribution in [0.4, 0.5) is 0 Å². The number of aryl methyl sites for hydroxylation is 1. The van der Waals surface area contributed by atoms with Gasteiger partial charge in [-0.3, -0.25) is 0 Å². The van der Waals surface area contributed by atoms with Crippen LogP contribution in [0.3, 0.4) is 0 Å². The molecule has 2 unspecified atom stereocenters. The van der Waals surface area contributed by atoms with Gasteiger partial charge in [-0.05, 0) is 74.1 Å². The Kier molecular flexibility index (Phi) is 4.97. The topological polar surface area (TPSA) is 47.9 Å². The summed E-state index contributed by atoms with van der Waals surface area (Å²) >= 11 is 0. The molecular weight excluding hydrogens is 340 g/mol. The Morgan fingerprint density at radius 3 is 2.70 bits per heavy atom. The van der Waals surface area contributed by atoms with Gasteiger partial charge in [-0.15, -0.1) is 0 Å². The minimum atomic E-state index is -0.798. The molecular formula is C23H28O4. The molecule has 0 saturated carbocycles. The summed E-state index contributed by atoms with van der Waals surface area (Å²) < 4.78 is 17.9. The van der Waals surface area contributed by atoms with Gasteiger partial charge in [0.05, 0.1) is 25.4 Å². The zero-order chi connectivity index (χ0) is 19.0. The number of benzene rings is 2. The maximum atomic E-state index is 10.3. The summed E-state index contributed by atoms with van der Waals surface area (Å²) in [7, 11) is 0. The van der Waals surface area contributed by atoms with Crippen molar-refractivity contribution < 1.29 is 19.3 Å². The summed E-state index contributed by atoms with van der Waals surface area (Å²) in [6.07, 6.45) is 1.59. The third-order valence-electron chi connectivity index (χ3n) is 5.56. The van der Waals surface area contributed by atoms with E-state index in [9.17, 15) is 5.11 Å². The summed E-state index contributed by atoms with van der Waals surface area (Å²) in [6.45, 7) is 7.36. The van der Waals surface area contributed by atoms with Crippen molar-refractivity contribution >= 4 is 0 Å². The normalized spacial score (nSPS) is 27.0. The largest absolute Gasteiger partial charge is 0.494 e. The third-order valence-corrected chi connectivity index (χ3v) is 5.56. The molecule has 2 heterocycles. The van der Waals surface area contributed by atoms with Crippen molar-refractivity contribution in [2.24, 2.45) is 0 Å². The highest BCUT2D eigenvalue weighted by Gasteiger charge is 2.47. The average Bonchev–Trinajstić information content (AvgIpc) is 2.93. The summed E-state index contributed by atoms with van der Waals surface area (Å²) in [5.74, 6) is 0.103. The number of fused-ring (bicyclic) bond motifs is 2. The van der Waals surface area contributed by atoms with Gasteiger partial charge in [0.15, 0.2) is 5.79 Å². The van der Waals surface area contributed by atoms with Crippen molar-refractivity contribution in [2.45, 2.75) is 64.6 Å². The average molecular weight is 368 g/mol. The van der Waals surface area contributed by atoms with Gasteiger partial charge >= 0.3 is 0 Å². The molecule has 3 atom stereocenters. The Morgan fingerprint density at radius 2 is 2.00 bits per heavy atom. The van der Waals surface area contributed by atoms with Crippen LogP contribution in [-0.4, -0.2) is 23.9 Å². The maximum absolute atomic E-state index is 10.3. The van der Waals surface area contributed by atoms with Gasteiger partial charge in [-0.2, -0.15) is 0 Å². The molecule has 0 radical (unpaired) electrons. The second-order valence-corrected chi connectivity index (χ2v) is 7.75. The van der Waals surface area contributed by atoms with Crippen LogP contribution in [0.2, 0.25) is 0 Å². The minimum absolute atomic E-state index is 0.0180. The van der Waals surface area contributed by atoms with E-state index in [1.807, 2.05) is 26.0 Å². The van der Waals surface area contributed by atoms with Crippen molar-refractivity contribution in [1.82, 2.24) is 0 Å². The number of hydrogen-bond acceptors (Lipinski definition) is 4. The Bertz CT molecular complexity index is 802. The van der Waals surface area contributed by atoms with Crippen molar-refractivity contribution in [2.75, 3.05) is 6.61 Å². The monoisotopic (exact) mass is 368 g/mol. The molecule has 2 aromatic carbocycles. The van der Waals surface area contributed by atoms with Crippen LogP contribution in [-0.2, 0) is 28.3 Å². The van der Waals surface area contributed by atoms with Gasteiger partial charge in [-0.1, -0.05) is 18.2 Å². The van der Waals surface area contributed by atoms with E-state index in [4.69, 9.17) is 14.2 Å². The number of aliphatic hydroxyl groups excluding tert-OH is 1. The van der Waals surface area contributed by atoms with Crippen molar-refractivity contribution in [3.05, 3.63) is 64.2 Å². The second kappa shape index (κ2) is 7.27. The molecule has 0 aromatic heterocycles. The molecule has 2 aromatic rings. The molecule has 0 amide bonds. The molecule has 2 aliphatic rings. The van der Waals surface area contributed by atoms with Gasteiger partial charge in [-0.25, -0.2) is 0 Å². The van der Waals surface area contributed by atoms with Crippen LogP contribution >= 0.6 is 0 Å². The SMILES string of the molecule is CCOc1ccc(Cc2cc3c(cc2C)CO[C@@]32CC(O)CC(C)O2)cc1. The predicted molar refractivity (Wildman–Crippen MR) is 104 cm³/mol. The van der Waals surface area contributed by atoms with E-state index in [2.05, 4.69) is 31.2 Å². The van der Waals surface area contributed by atoms with Gasteiger partial charge in [0, 0.05) is 12.0 Å². The van der Waals surface area contributed by atoms with E-state index in [-0.39, 0.29) is 6.10 Å². The fourth-order valence-electron chi connectivity index (χ4n) is 4.30. The fourth-order valence-corrected chi connectivity index (χ4v) is 4.30. The van der Waals surface area contributed by atoms with E-state index in [1.54, 1.807) is 0 Å². The smallest absolute Gasteiger partial charge is 0.198 e. The molecule has 1 spiro atoms. The second-order valence-electron chi connectivity index (χ2n) is 7.75. The summed E-state index contributed by atoms with van der Waals surface area (Å²) in [5.41, 5.74) is 6.02. The van der Waals surface area contributed by atoms with Crippen molar-refractivity contribution in [3.63, 3.8) is 0 Å². The Morgan fingerprint density at radius 1 is 1.22 bits per heavy atom. The van der Waals surface area contributed by atoms with Crippen LogP contribution < -0.4 is 4.74 Å². The summed E-state index contributed by atoms with van der Waals surface area (Å²) in [4.78, 5) is 0. The lowest BCUT2D eigenvalue weighted by molar-refractivity contribution is -0.295. The van der Waals surface area contributed by atoms with Gasteiger partial charge < -0.3 is 19.3 Å². The fraction of sp³-hybridized carbons (Fsp3) is 0.478. The van der Waals surface area contributed by atoms with Gasteiger partial charge in [0.25, 0.3) is 0 Å². The van der Waals surface area contributed by atoms with Crippen LogP contribution in [0, 0.1) is 6.92 Å². The molecule has 4 heteroatoms. The molecule has 27 heavy (non-hydrogen) atoms. The Hall–Kier alpha value is -1.88. The van der Waals surface area contributed by atoms with Crippen molar-refractivity contribution in [1.29, 1.82) is 0 Å². The number of hydrogen-bond donors (Lipinski definition) is 1. The lowest BCUT2D eigenvalue weighted by Gasteiger charge is -2.39. The first-order valence-corrected chi connectivity index (χ1v) is 9.83. The van der Waals surface area contributed by atoms with Crippen molar-refractivity contribution in [3.8, 4) is 5.75 Å². The Labute approximate surface area is 161 Å². The number of ether oxygens (including phenoxy) is 3. The molecule has 144 valence electrons. The summed E-state index contributed by atoms with van der Waals surface area (Å²) in [5, 5.41) is 10.3. The van der Waals surface area contributed by atoms with Crippen LogP contribution in [0.25, 0.3) is 0 Å². The molecule has 2 aliphatic heterocycles.